The lowest BCUT2D eigenvalue weighted by Crippen LogP contribution is -2.25. The van der Waals surface area contributed by atoms with Gasteiger partial charge in [0.1, 0.15) is 17.8 Å². The lowest BCUT2D eigenvalue weighted by atomic mass is 10.1. The van der Waals surface area contributed by atoms with Crippen LogP contribution in [0.4, 0.5) is 11.5 Å². The molecule has 0 aliphatic carbocycles. The maximum atomic E-state index is 10.9. The van der Waals surface area contributed by atoms with Gasteiger partial charge in [-0.05, 0) is 54.5 Å². The molecule has 7 nitrogen and oxygen atoms in total. The molecule has 3 heterocycles. The zero-order valence-corrected chi connectivity index (χ0v) is 18.2. The Balaban J connectivity index is 1.49. The van der Waals surface area contributed by atoms with Crippen LogP contribution >= 0.6 is 23.5 Å². The molecule has 0 bridgehead atoms. The zero-order valence-electron chi connectivity index (χ0n) is 16.6. The van der Waals surface area contributed by atoms with E-state index in [4.69, 9.17) is 9.47 Å². The van der Waals surface area contributed by atoms with Gasteiger partial charge in [0.2, 0.25) is 0 Å². The van der Waals surface area contributed by atoms with E-state index >= 15 is 0 Å². The van der Waals surface area contributed by atoms with Gasteiger partial charge in [-0.1, -0.05) is 12.1 Å². The SMILES string of the molecule is O=[N+]([O-])c1ccc(NC(c2ccc(OC3CCCCO3)cc2)C2SCCCS2)nc1. The topological polar surface area (TPSA) is 86.5 Å². The number of hydrogen-bond donors (Lipinski definition) is 1. The van der Waals surface area contributed by atoms with Gasteiger partial charge >= 0.3 is 0 Å². The average molecular weight is 448 g/mol. The van der Waals surface area contributed by atoms with Crippen LogP contribution in [0.5, 0.6) is 5.75 Å². The van der Waals surface area contributed by atoms with Crippen molar-refractivity contribution in [1.29, 1.82) is 0 Å². The number of aromatic nitrogens is 1. The number of anilines is 1. The minimum absolute atomic E-state index is 0.00931. The van der Waals surface area contributed by atoms with Crippen molar-refractivity contribution >= 4 is 35.0 Å². The van der Waals surface area contributed by atoms with Crippen LogP contribution in [0, 0.1) is 10.1 Å². The van der Waals surface area contributed by atoms with Crippen LogP contribution in [-0.4, -0.2) is 38.9 Å². The van der Waals surface area contributed by atoms with Crippen LogP contribution < -0.4 is 10.1 Å². The molecule has 160 valence electrons. The molecule has 0 saturated carbocycles. The van der Waals surface area contributed by atoms with Gasteiger partial charge in [0.05, 0.1) is 22.2 Å². The smallest absolute Gasteiger partial charge is 0.287 e. The number of thioether (sulfide) groups is 2. The monoisotopic (exact) mass is 447 g/mol. The van der Waals surface area contributed by atoms with Crippen LogP contribution in [0.25, 0.3) is 0 Å². The third kappa shape index (κ3) is 5.59. The molecule has 2 atom stereocenters. The summed E-state index contributed by atoms with van der Waals surface area (Å²) < 4.78 is 12.0. The van der Waals surface area contributed by atoms with Crippen molar-refractivity contribution in [3.8, 4) is 5.75 Å². The summed E-state index contributed by atoms with van der Waals surface area (Å²) in [6.45, 7) is 0.757. The molecule has 2 saturated heterocycles. The molecule has 1 aromatic heterocycles. The highest BCUT2D eigenvalue weighted by atomic mass is 32.2. The molecule has 2 fully saturated rings. The van der Waals surface area contributed by atoms with Gasteiger partial charge in [-0.15, -0.1) is 23.5 Å². The predicted molar refractivity (Wildman–Crippen MR) is 121 cm³/mol. The largest absolute Gasteiger partial charge is 0.465 e. The molecule has 0 amide bonds. The molecule has 2 unspecified atom stereocenters. The van der Waals surface area contributed by atoms with E-state index in [1.807, 2.05) is 35.7 Å². The maximum Gasteiger partial charge on any atom is 0.287 e. The Hall–Kier alpha value is -1.97. The van der Waals surface area contributed by atoms with Crippen LogP contribution in [0.15, 0.2) is 42.6 Å². The van der Waals surface area contributed by atoms with Crippen LogP contribution in [0.3, 0.4) is 0 Å². The summed E-state index contributed by atoms with van der Waals surface area (Å²) in [4.78, 5) is 14.7. The first-order valence-electron chi connectivity index (χ1n) is 10.2. The fourth-order valence-corrected chi connectivity index (χ4v) is 6.52. The van der Waals surface area contributed by atoms with Gasteiger partial charge < -0.3 is 14.8 Å². The Morgan fingerprint density at radius 2 is 1.93 bits per heavy atom. The summed E-state index contributed by atoms with van der Waals surface area (Å²) in [5, 5.41) is 14.4. The van der Waals surface area contributed by atoms with Gasteiger partial charge in [-0.25, -0.2) is 4.98 Å². The van der Waals surface area contributed by atoms with Crippen molar-refractivity contribution in [2.45, 2.75) is 42.6 Å². The van der Waals surface area contributed by atoms with Gasteiger partial charge in [-0.3, -0.25) is 10.1 Å². The van der Waals surface area contributed by atoms with Crippen LogP contribution in [0.1, 0.15) is 37.3 Å². The highest BCUT2D eigenvalue weighted by molar-refractivity contribution is 8.17. The molecule has 2 aliphatic heterocycles. The van der Waals surface area contributed by atoms with E-state index in [2.05, 4.69) is 22.4 Å². The number of hydrogen-bond acceptors (Lipinski definition) is 8. The van der Waals surface area contributed by atoms with Gasteiger partial charge in [0.25, 0.3) is 5.69 Å². The summed E-state index contributed by atoms with van der Waals surface area (Å²) in [6, 6.07) is 11.3. The summed E-state index contributed by atoms with van der Waals surface area (Å²) >= 11 is 3.88. The highest BCUT2D eigenvalue weighted by Crippen LogP contribution is 2.41. The van der Waals surface area contributed by atoms with Crippen molar-refractivity contribution in [1.82, 2.24) is 4.98 Å². The van der Waals surface area contributed by atoms with Crippen molar-refractivity contribution in [2.75, 3.05) is 23.4 Å². The Morgan fingerprint density at radius 3 is 2.57 bits per heavy atom. The third-order valence-electron chi connectivity index (χ3n) is 5.03. The van der Waals surface area contributed by atoms with Gasteiger partial charge in [0, 0.05) is 12.5 Å². The average Bonchev–Trinajstić information content (AvgIpc) is 2.80. The second-order valence-electron chi connectivity index (χ2n) is 7.23. The molecule has 1 aromatic carbocycles. The fourth-order valence-electron chi connectivity index (χ4n) is 3.46. The quantitative estimate of drug-likeness (QED) is 0.455. The number of ether oxygens (including phenoxy) is 2. The molecule has 4 rings (SSSR count). The maximum absolute atomic E-state index is 10.9. The van der Waals surface area contributed by atoms with Gasteiger partial charge in [0.15, 0.2) is 6.29 Å². The molecule has 0 spiro atoms. The van der Waals surface area contributed by atoms with E-state index in [1.54, 1.807) is 6.07 Å². The van der Waals surface area contributed by atoms with Crippen LogP contribution in [0.2, 0.25) is 0 Å². The number of rotatable bonds is 7. The molecule has 0 radical (unpaired) electrons. The summed E-state index contributed by atoms with van der Waals surface area (Å²) in [5.41, 5.74) is 1.13. The zero-order chi connectivity index (χ0) is 20.8. The summed E-state index contributed by atoms with van der Waals surface area (Å²) in [6.07, 6.45) is 5.50. The van der Waals surface area contributed by atoms with Crippen molar-refractivity contribution in [3.63, 3.8) is 0 Å². The number of nitrogens with zero attached hydrogens (tertiary/aromatic N) is 2. The van der Waals surface area contributed by atoms with E-state index in [-0.39, 0.29) is 18.0 Å². The summed E-state index contributed by atoms with van der Waals surface area (Å²) in [7, 11) is 0. The lowest BCUT2D eigenvalue weighted by Gasteiger charge is -2.31. The first-order valence-corrected chi connectivity index (χ1v) is 12.3. The van der Waals surface area contributed by atoms with E-state index in [0.29, 0.717) is 10.4 Å². The Morgan fingerprint density at radius 1 is 1.13 bits per heavy atom. The molecular weight excluding hydrogens is 422 g/mol. The van der Waals surface area contributed by atoms with E-state index in [9.17, 15) is 10.1 Å². The van der Waals surface area contributed by atoms with E-state index < -0.39 is 4.92 Å². The number of nitrogens with one attached hydrogen (secondary N) is 1. The molecule has 2 aromatic rings. The fraction of sp³-hybridized carbons (Fsp3) is 0.476. The Bertz CT molecular complexity index is 823. The minimum atomic E-state index is -0.435. The Labute approximate surface area is 184 Å². The second-order valence-corrected chi connectivity index (χ2v) is 10.0. The third-order valence-corrected chi connectivity index (χ3v) is 8.10. The van der Waals surface area contributed by atoms with Crippen molar-refractivity contribution < 1.29 is 14.4 Å². The van der Waals surface area contributed by atoms with E-state index in [1.165, 1.54) is 18.7 Å². The van der Waals surface area contributed by atoms with Gasteiger partial charge in [-0.2, -0.15) is 0 Å². The predicted octanol–water partition coefficient (Wildman–Crippen LogP) is 5.24. The van der Waals surface area contributed by atoms with E-state index in [0.717, 1.165) is 48.7 Å². The number of benzene rings is 1. The molecule has 9 heteroatoms. The first kappa shape index (κ1) is 21.3. The van der Waals surface area contributed by atoms with Crippen molar-refractivity contribution in [2.24, 2.45) is 0 Å². The molecule has 30 heavy (non-hydrogen) atoms. The van der Waals surface area contributed by atoms with Crippen LogP contribution in [-0.2, 0) is 4.74 Å². The summed E-state index contributed by atoms with van der Waals surface area (Å²) in [5.74, 6) is 3.70. The normalized spacial score (nSPS) is 21.0. The number of nitro groups is 1. The standard InChI is InChI=1S/C21H25N3O4S2/c25-24(26)16-7-10-18(22-14-16)23-20(21-29-12-3-13-30-21)15-5-8-17(9-6-15)28-19-4-1-2-11-27-19/h5-10,14,19-21H,1-4,11-13H2,(H,22,23). The lowest BCUT2D eigenvalue weighted by molar-refractivity contribution is -0.385. The first-order chi connectivity index (χ1) is 14.7. The minimum Gasteiger partial charge on any atom is -0.465 e. The Kier molecular flexibility index (Phi) is 7.35. The van der Waals surface area contributed by atoms with Crippen molar-refractivity contribution in [3.05, 3.63) is 58.3 Å². The molecule has 2 aliphatic rings. The second kappa shape index (κ2) is 10.4. The number of pyridine rings is 1. The molecular formula is C21H25N3O4S2. The molecule has 1 N–H and O–H groups in total. The highest BCUT2D eigenvalue weighted by Gasteiger charge is 2.27.